The lowest BCUT2D eigenvalue weighted by atomic mass is 9.98. The Balaban J connectivity index is 1.54. The van der Waals surface area contributed by atoms with Crippen molar-refractivity contribution < 1.29 is 36.3 Å². The standard InChI is InChI=1S/C17H28N2O8S/c1-15(2)24-11-9-22-17(14(13(11)25-15)26-16(3,4)27-17)10-23-28(20,21)18-12-7-6-8-19(12)5/h11,13-14H,6-10H2,1-5H3/b18-12+/t11?,13?,14?,17-/m0/s1. The number of rotatable bonds is 4. The maximum absolute atomic E-state index is 12.4. The molecule has 11 heteroatoms. The summed E-state index contributed by atoms with van der Waals surface area (Å²) in [5.74, 6) is -2.74. The van der Waals surface area contributed by atoms with Gasteiger partial charge in [0.25, 0.3) is 0 Å². The van der Waals surface area contributed by atoms with Crippen LogP contribution in [-0.2, 0) is 38.2 Å². The van der Waals surface area contributed by atoms with E-state index >= 15 is 0 Å². The summed E-state index contributed by atoms with van der Waals surface area (Å²) in [6.45, 7) is 7.63. The molecule has 4 atom stereocenters. The van der Waals surface area contributed by atoms with Crippen molar-refractivity contribution in [3.8, 4) is 0 Å². The van der Waals surface area contributed by atoms with Crippen molar-refractivity contribution in [1.82, 2.24) is 4.90 Å². The summed E-state index contributed by atoms with van der Waals surface area (Å²) in [7, 11) is -2.36. The van der Waals surface area contributed by atoms with Gasteiger partial charge in [0.05, 0.1) is 6.61 Å². The molecule has 4 aliphatic rings. The quantitative estimate of drug-likeness (QED) is 0.652. The zero-order valence-electron chi connectivity index (χ0n) is 16.8. The predicted octanol–water partition coefficient (Wildman–Crippen LogP) is 0.770. The lowest BCUT2D eigenvalue weighted by Crippen LogP contribution is -2.60. The molecule has 28 heavy (non-hydrogen) atoms. The molecule has 0 bridgehead atoms. The SMILES string of the molecule is CN1CCC/C1=N\S(=O)(=O)OC[C@@]12OCC3OC(C)(C)OC3C1OC(C)(C)O2. The molecule has 0 saturated carbocycles. The number of amidine groups is 1. The Labute approximate surface area is 165 Å². The van der Waals surface area contributed by atoms with Gasteiger partial charge in [0.1, 0.15) is 30.8 Å². The van der Waals surface area contributed by atoms with Gasteiger partial charge in [0, 0.05) is 20.0 Å². The number of fused-ring (bicyclic) bond motifs is 3. The van der Waals surface area contributed by atoms with Gasteiger partial charge in [0.2, 0.25) is 5.79 Å². The van der Waals surface area contributed by atoms with Gasteiger partial charge < -0.3 is 28.6 Å². The molecule has 3 unspecified atom stereocenters. The highest BCUT2D eigenvalue weighted by Gasteiger charge is 2.65. The van der Waals surface area contributed by atoms with E-state index in [1.165, 1.54) is 0 Å². The first-order chi connectivity index (χ1) is 12.9. The highest BCUT2D eigenvalue weighted by Crippen LogP contribution is 2.47. The number of hydrogen-bond acceptors (Lipinski definition) is 8. The Bertz CT molecular complexity index is 767. The summed E-state index contributed by atoms with van der Waals surface area (Å²) in [6.07, 6.45) is -0.0554. The molecule has 4 saturated heterocycles. The summed E-state index contributed by atoms with van der Waals surface area (Å²) < 4.78 is 63.6. The van der Waals surface area contributed by atoms with E-state index in [1.54, 1.807) is 25.8 Å². The molecule has 0 aromatic heterocycles. The van der Waals surface area contributed by atoms with Crippen LogP contribution in [0.5, 0.6) is 0 Å². The molecule has 0 aliphatic carbocycles. The molecule has 0 aromatic rings. The van der Waals surface area contributed by atoms with Crippen molar-refractivity contribution in [3.05, 3.63) is 0 Å². The molecule has 0 radical (unpaired) electrons. The largest absolute Gasteiger partial charge is 0.382 e. The van der Waals surface area contributed by atoms with Crippen LogP contribution in [0.25, 0.3) is 0 Å². The van der Waals surface area contributed by atoms with Crippen LogP contribution >= 0.6 is 0 Å². The molecule has 0 amide bonds. The van der Waals surface area contributed by atoms with Crippen molar-refractivity contribution >= 4 is 16.1 Å². The summed E-state index contributed by atoms with van der Waals surface area (Å²) in [5, 5.41) is 0. The van der Waals surface area contributed by atoms with E-state index in [9.17, 15) is 8.42 Å². The third-order valence-electron chi connectivity index (χ3n) is 5.24. The Morgan fingerprint density at radius 1 is 1.18 bits per heavy atom. The van der Waals surface area contributed by atoms with Gasteiger partial charge in [0.15, 0.2) is 11.6 Å². The second-order valence-electron chi connectivity index (χ2n) is 8.52. The first-order valence-electron chi connectivity index (χ1n) is 9.47. The molecule has 0 aromatic carbocycles. The molecular weight excluding hydrogens is 392 g/mol. The lowest BCUT2D eigenvalue weighted by molar-refractivity contribution is -0.290. The fourth-order valence-electron chi connectivity index (χ4n) is 4.17. The van der Waals surface area contributed by atoms with Gasteiger partial charge in [-0.05, 0) is 34.1 Å². The van der Waals surface area contributed by atoms with Crippen LogP contribution < -0.4 is 0 Å². The van der Waals surface area contributed by atoms with Crippen LogP contribution in [0.1, 0.15) is 40.5 Å². The minimum absolute atomic E-state index is 0.171. The summed E-state index contributed by atoms with van der Waals surface area (Å²) in [6, 6.07) is 0. The predicted molar refractivity (Wildman–Crippen MR) is 96.7 cm³/mol. The number of nitrogens with zero attached hydrogens (tertiary/aromatic N) is 2. The fraction of sp³-hybridized carbons (Fsp3) is 0.941. The van der Waals surface area contributed by atoms with E-state index in [-0.39, 0.29) is 12.7 Å². The van der Waals surface area contributed by atoms with E-state index in [1.807, 2.05) is 13.8 Å². The molecule has 0 spiro atoms. The third-order valence-corrected chi connectivity index (χ3v) is 6.09. The van der Waals surface area contributed by atoms with Crippen LogP contribution in [0, 0.1) is 0 Å². The average Bonchev–Trinajstić information content (AvgIpc) is 3.18. The van der Waals surface area contributed by atoms with Crippen LogP contribution in [0.15, 0.2) is 4.40 Å². The Morgan fingerprint density at radius 3 is 2.61 bits per heavy atom. The molecular formula is C17H28N2O8S. The summed E-state index contributed by atoms with van der Waals surface area (Å²) in [4.78, 5) is 1.80. The van der Waals surface area contributed by atoms with Crippen LogP contribution in [0.3, 0.4) is 0 Å². The van der Waals surface area contributed by atoms with Crippen molar-refractivity contribution in [2.24, 2.45) is 4.40 Å². The van der Waals surface area contributed by atoms with E-state index in [4.69, 9.17) is 27.9 Å². The minimum Gasteiger partial charge on any atom is -0.362 e. The fourth-order valence-corrected chi connectivity index (χ4v) is 5.02. The molecule has 4 aliphatic heterocycles. The van der Waals surface area contributed by atoms with Crippen molar-refractivity contribution in [2.45, 2.75) is 76.2 Å². The Morgan fingerprint density at radius 2 is 1.93 bits per heavy atom. The lowest BCUT2D eigenvalue weighted by Gasteiger charge is -2.40. The third kappa shape index (κ3) is 3.81. The number of hydrogen-bond donors (Lipinski definition) is 0. The topological polar surface area (TPSA) is 105 Å². The number of ether oxygens (including phenoxy) is 5. The Hall–Kier alpha value is -0.820. The highest BCUT2D eigenvalue weighted by atomic mass is 32.2. The molecule has 160 valence electrons. The van der Waals surface area contributed by atoms with Gasteiger partial charge in [-0.25, -0.2) is 4.18 Å². The maximum atomic E-state index is 12.4. The van der Waals surface area contributed by atoms with Gasteiger partial charge in [-0.1, -0.05) is 0 Å². The molecule has 10 nitrogen and oxygen atoms in total. The van der Waals surface area contributed by atoms with Crippen molar-refractivity contribution in [3.63, 3.8) is 0 Å². The zero-order chi connectivity index (χ0) is 20.4. The van der Waals surface area contributed by atoms with Crippen LogP contribution in [0.2, 0.25) is 0 Å². The number of likely N-dealkylation sites (tertiary alicyclic amines) is 1. The molecule has 4 fully saturated rings. The van der Waals surface area contributed by atoms with Crippen molar-refractivity contribution in [1.29, 1.82) is 0 Å². The summed E-state index contributed by atoms with van der Waals surface area (Å²) >= 11 is 0. The smallest absolute Gasteiger partial charge is 0.362 e. The maximum Gasteiger partial charge on any atom is 0.382 e. The van der Waals surface area contributed by atoms with Crippen molar-refractivity contribution in [2.75, 3.05) is 26.8 Å². The summed E-state index contributed by atoms with van der Waals surface area (Å²) in [5.41, 5.74) is 0. The normalized spacial score (nSPS) is 40.7. The zero-order valence-corrected chi connectivity index (χ0v) is 17.7. The molecule has 0 N–H and O–H groups in total. The molecule has 4 heterocycles. The monoisotopic (exact) mass is 420 g/mol. The van der Waals surface area contributed by atoms with Gasteiger partial charge in [-0.3, -0.25) is 0 Å². The Kier molecular flexibility index (Phi) is 4.82. The van der Waals surface area contributed by atoms with E-state index in [2.05, 4.69) is 4.40 Å². The van der Waals surface area contributed by atoms with E-state index < -0.39 is 46.5 Å². The highest BCUT2D eigenvalue weighted by molar-refractivity contribution is 7.85. The average molecular weight is 420 g/mol. The first kappa shape index (κ1) is 20.5. The van der Waals surface area contributed by atoms with E-state index in [0.29, 0.717) is 12.3 Å². The van der Waals surface area contributed by atoms with Gasteiger partial charge >= 0.3 is 10.3 Å². The minimum atomic E-state index is -4.16. The second kappa shape index (κ2) is 6.59. The molecule has 4 rings (SSSR count). The van der Waals surface area contributed by atoms with Gasteiger partial charge in [-0.2, -0.15) is 8.42 Å². The van der Waals surface area contributed by atoms with E-state index in [0.717, 1.165) is 13.0 Å². The second-order valence-corrected chi connectivity index (χ2v) is 9.80. The van der Waals surface area contributed by atoms with Gasteiger partial charge in [-0.15, -0.1) is 4.40 Å². The first-order valence-corrected chi connectivity index (χ1v) is 10.8. The van der Waals surface area contributed by atoms with Crippen LogP contribution in [0.4, 0.5) is 0 Å². The van der Waals surface area contributed by atoms with Crippen LogP contribution in [-0.4, -0.2) is 81.6 Å².